The highest BCUT2D eigenvalue weighted by molar-refractivity contribution is 5.41. The Morgan fingerprint density at radius 2 is 1.54 bits per heavy atom. The van der Waals surface area contributed by atoms with E-state index in [0.29, 0.717) is 12.4 Å². The van der Waals surface area contributed by atoms with E-state index in [0.717, 1.165) is 11.1 Å². The third-order valence-corrected chi connectivity index (χ3v) is 4.23. The van der Waals surface area contributed by atoms with E-state index in [1.54, 1.807) is 28.9 Å². The van der Waals surface area contributed by atoms with Gasteiger partial charge in [-0.15, -0.1) is 5.10 Å². The maximum Gasteiger partial charge on any atom is 0.241 e. The number of rotatable bonds is 2. The van der Waals surface area contributed by atoms with Crippen LogP contribution < -0.4 is 11.1 Å². The second-order valence-electron chi connectivity index (χ2n) is 5.79. The van der Waals surface area contributed by atoms with Crippen molar-refractivity contribution in [1.82, 2.24) is 14.8 Å². The molecule has 0 radical (unpaired) electrons. The molecule has 1 aliphatic heterocycles. The first kappa shape index (κ1) is 14.6. The lowest BCUT2D eigenvalue weighted by Crippen LogP contribution is -2.28. The Kier molecular flexibility index (Phi) is 3.41. The molecule has 2 aromatic carbocycles. The molecule has 3 aromatic rings. The molecule has 0 spiro atoms. The molecule has 0 amide bonds. The van der Waals surface area contributed by atoms with Crippen molar-refractivity contribution in [2.24, 2.45) is 0 Å². The highest BCUT2D eigenvalue weighted by Crippen LogP contribution is 2.37. The van der Waals surface area contributed by atoms with Gasteiger partial charge in [0, 0.05) is 0 Å². The van der Waals surface area contributed by atoms with Crippen LogP contribution in [0.4, 0.5) is 20.7 Å². The Balaban J connectivity index is 1.74. The van der Waals surface area contributed by atoms with E-state index < -0.39 is 0 Å². The number of nitrogens with two attached hydrogens (primary N) is 1. The molecule has 3 N–H and O–H groups in total. The summed E-state index contributed by atoms with van der Waals surface area (Å²) in [5.41, 5.74) is 7.59. The minimum Gasteiger partial charge on any atom is -0.366 e. The summed E-state index contributed by atoms with van der Waals surface area (Å²) in [6, 6.07) is 12.4. The Bertz CT molecular complexity index is 858. The summed E-state index contributed by atoms with van der Waals surface area (Å²) in [7, 11) is 0. The topological polar surface area (TPSA) is 68.8 Å². The Morgan fingerprint density at radius 3 is 2.17 bits per heavy atom. The van der Waals surface area contributed by atoms with Gasteiger partial charge >= 0.3 is 0 Å². The van der Waals surface area contributed by atoms with Crippen molar-refractivity contribution in [1.29, 1.82) is 0 Å². The van der Waals surface area contributed by atoms with Crippen molar-refractivity contribution >= 4 is 11.9 Å². The van der Waals surface area contributed by atoms with Gasteiger partial charge in [-0.25, -0.2) is 13.5 Å². The van der Waals surface area contributed by atoms with Crippen LogP contribution in [-0.4, -0.2) is 14.8 Å². The van der Waals surface area contributed by atoms with Gasteiger partial charge < -0.3 is 11.1 Å². The minimum absolute atomic E-state index is 0.0725. The number of halogens is 2. The summed E-state index contributed by atoms with van der Waals surface area (Å²) < 4.78 is 28.1. The van der Waals surface area contributed by atoms with Crippen molar-refractivity contribution < 1.29 is 8.78 Å². The predicted octanol–water partition coefficient (Wildman–Crippen LogP) is 3.28. The van der Waals surface area contributed by atoms with Gasteiger partial charge in [0.15, 0.2) is 0 Å². The summed E-state index contributed by atoms with van der Waals surface area (Å²) in [5.74, 6) is 0.143. The van der Waals surface area contributed by atoms with E-state index in [-0.39, 0.29) is 29.7 Å². The average Bonchev–Trinajstić information content (AvgIpc) is 2.95. The quantitative estimate of drug-likeness (QED) is 0.758. The van der Waals surface area contributed by atoms with Crippen LogP contribution in [-0.2, 0) is 0 Å². The zero-order valence-corrected chi connectivity index (χ0v) is 12.7. The number of nitrogen functional groups attached to an aromatic ring is 1. The summed E-state index contributed by atoms with van der Waals surface area (Å²) in [4.78, 5) is 4.21. The fourth-order valence-corrected chi connectivity index (χ4v) is 3.07. The molecule has 0 unspecified atom stereocenters. The van der Waals surface area contributed by atoms with Crippen molar-refractivity contribution in [2.75, 3.05) is 11.1 Å². The highest BCUT2D eigenvalue weighted by atomic mass is 19.1. The van der Waals surface area contributed by atoms with E-state index in [1.165, 1.54) is 24.3 Å². The summed E-state index contributed by atoms with van der Waals surface area (Å²) >= 11 is 0. The van der Waals surface area contributed by atoms with E-state index >= 15 is 0 Å². The molecule has 2 atom stereocenters. The first-order valence-corrected chi connectivity index (χ1v) is 7.59. The molecule has 0 fully saturated rings. The molecular weight excluding hydrogens is 312 g/mol. The molecule has 24 heavy (non-hydrogen) atoms. The number of aromatic nitrogens is 3. The number of hydrogen-bond donors (Lipinski definition) is 2. The molecule has 5 nitrogen and oxygen atoms in total. The van der Waals surface area contributed by atoms with Crippen LogP contribution in [0.1, 0.15) is 29.6 Å². The maximum absolute atomic E-state index is 13.2. The summed E-state index contributed by atoms with van der Waals surface area (Å²) in [5, 5.41) is 7.52. The highest BCUT2D eigenvalue weighted by Gasteiger charge is 2.30. The number of fused-ring (bicyclic) bond motifs is 1. The zero-order chi connectivity index (χ0) is 16.7. The van der Waals surface area contributed by atoms with E-state index in [1.807, 2.05) is 0 Å². The lowest BCUT2D eigenvalue weighted by Gasteiger charge is -2.31. The standard InChI is InChI=1S/C17H15F2N5/c18-12-5-1-10(2-6-12)14-9-15(11-3-7-13(19)8-4-11)24-17(21-14)22-16(20)23-24/h1-8,14-15H,9H2,(H3,20,21,22,23)/t14-,15+/m1/s1. The largest absolute Gasteiger partial charge is 0.366 e. The number of benzene rings is 2. The molecule has 0 saturated heterocycles. The molecule has 7 heteroatoms. The fourth-order valence-electron chi connectivity index (χ4n) is 3.07. The monoisotopic (exact) mass is 327 g/mol. The first-order chi connectivity index (χ1) is 11.6. The molecule has 2 heterocycles. The molecular formula is C17H15F2N5. The lowest BCUT2D eigenvalue weighted by atomic mass is 9.93. The van der Waals surface area contributed by atoms with Crippen LogP contribution >= 0.6 is 0 Å². The second-order valence-corrected chi connectivity index (χ2v) is 5.79. The van der Waals surface area contributed by atoms with Gasteiger partial charge in [0.1, 0.15) is 11.6 Å². The van der Waals surface area contributed by atoms with E-state index in [2.05, 4.69) is 15.4 Å². The van der Waals surface area contributed by atoms with Gasteiger partial charge in [-0.2, -0.15) is 4.98 Å². The third kappa shape index (κ3) is 2.58. The van der Waals surface area contributed by atoms with Gasteiger partial charge in [0.2, 0.25) is 11.9 Å². The molecule has 0 bridgehead atoms. The van der Waals surface area contributed by atoms with Crippen LogP contribution in [0.25, 0.3) is 0 Å². The van der Waals surface area contributed by atoms with Crippen LogP contribution in [0, 0.1) is 11.6 Å². The van der Waals surface area contributed by atoms with Crippen LogP contribution in [0.3, 0.4) is 0 Å². The van der Waals surface area contributed by atoms with Gasteiger partial charge in [-0.05, 0) is 41.8 Å². The van der Waals surface area contributed by atoms with Crippen molar-refractivity contribution in [3.63, 3.8) is 0 Å². The first-order valence-electron chi connectivity index (χ1n) is 7.59. The van der Waals surface area contributed by atoms with Gasteiger partial charge in [-0.1, -0.05) is 24.3 Å². The Morgan fingerprint density at radius 1 is 0.958 bits per heavy atom. The summed E-state index contributed by atoms with van der Waals surface area (Å²) in [6.45, 7) is 0. The number of hydrogen-bond acceptors (Lipinski definition) is 4. The molecule has 122 valence electrons. The predicted molar refractivity (Wildman–Crippen MR) is 86.4 cm³/mol. The smallest absolute Gasteiger partial charge is 0.241 e. The Hall–Kier alpha value is -2.96. The second kappa shape index (κ2) is 5.59. The molecule has 1 aromatic heterocycles. The number of nitrogens with zero attached hydrogens (tertiary/aromatic N) is 3. The molecule has 0 saturated carbocycles. The van der Waals surface area contributed by atoms with Gasteiger partial charge in [0.05, 0.1) is 12.1 Å². The Labute approximate surface area is 137 Å². The molecule has 1 aliphatic rings. The van der Waals surface area contributed by atoms with Crippen molar-refractivity contribution in [3.05, 3.63) is 71.3 Å². The zero-order valence-electron chi connectivity index (χ0n) is 12.7. The van der Waals surface area contributed by atoms with Crippen LogP contribution in [0.5, 0.6) is 0 Å². The average molecular weight is 327 g/mol. The normalized spacial score (nSPS) is 19.6. The van der Waals surface area contributed by atoms with Crippen LogP contribution in [0.15, 0.2) is 48.5 Å². The molecule has 0 aliphatic carbocycles. The summed E-state index contributed by atoms with van der Waals surface area (Å²) in [6.07, 6.45) is 0.660. The molecule has 4 rings (SSSR count). The number of nitrogens with one attached hydrogen (secondary N) is 1. The van der Waals surface area contributed by atoms with Crippen molar-refractivity contribution in [3.8, 4) is 0 Å². The maximum atomic E-state index is 13.2. The van der Waals surface area contributed by atoms with E-state index in [9.17, 15) is 8.78 Å². The van der Waals surface area contributed by atoms with Gasteiger partial charge in [-0.3, -0.25) is 0 Å². The van der Waals surface area contributed by atoms with Crippen molar-refractivity contribution in [2.45, 2.75) is 18.5 Å². The van der Waals surface area contributed by atoms with Gasteiger partial charge in [0.25, 0.3) is 0 Å². The van der Waals surface area contributed by atoms with Crippen LogP contribution in [0.2, 0.25) is 0 Å². The SMILES string of the molecule is Nc1nc2n(n1)[C@H](c1ccc(F)cc1)C[C@H](c1ccc(F)cc1)N2. The fraction of sp³-hybridized carbons (Fsp3) is 0.176. The minimum atomic E-state index is -0.291. The number of anilines is 2. The lowest BCUT2D eigenvalue weighted by molar-refractivity contribution is 0.431. The van der Waals surface area contributed by atoms with E-state index in [4.69, 9.17) is 5.73 Å². The third-order valence-electron chi connectivity index (χ3n) is 4.23.